The molecule has 12 nitrogen and oxygen atoms in total. The van der Waals surface area contributed by atoms with E-state index in [0.29, 0.717) is 29.2 Å². The van der Waals surface area contributed by atoms with Crippen molar-refractivity contribution in [3.8, 4) is 0 Å². The van der Waals surface area contributed by atoms with Crippen LogP contribution in [0.15, 0.2) is 6.20 Å². The summed E-state index contributed by atoms with van der Waals surface area (Å²) in [6.45, 7) is 1.67. The van der Waals surface area contributed by atoms with Gasteiger partial charge in [-0.05, 0) is 25.9 Å². The smallest absolute Gasteiger partial charge is 0.328 e. The van der Waals surface area contributed by atoms with Crippen LogP contribution in [0.3, 0.4) is 0 Å². The number of carbonyl (C=O) groups excluding carboxylic acids is 2. The van der Waals surface area contributed by atoms with Gasteiger partial charge < -0.3 is 16.0 Å². The molecule has 4 N–H and O–H groups in total. The molecule has 1 aromatic heterocycles. The number of aromatic nitrogens is 2. The highest BCUT2D eigenvalue weighted by Gasteiger charge is 2.51. The number of nitrogens with two attached hydrogens (primary N) is 1. The molecule has 2 saturated heterocycles. The fourth-order valence-corrected chi connectivity index (χ4v) is 4.31. The number of urea groups is 1. The summed E-state index contributed by atoms with van der Waals surface area (Å²) in [5.41, 5.74) is 6.72. The summed E-state index contributed by atoms with van der Waals surface area (Å²) in [6, 6.07) is -2.16. The first-order valence-corrected chi connectivity index (χ1v) is 9.98. The van der Waals surface area contributed by atoms with Crippen molar-refractivity contribution in [3.63, 3.8) is 0 Å². The van der Waals surface area contributed by atoms with E-state index in [1.807, 2.05) is 0 Å². The van der Waals surface area contributed by atoms with E-state index in [-0.39, 0.29) is 24.9 Å². The Labute approximate surface area is 155 Å². The molecule has 148 valence electrons. The monoisotopic (exact) mass is 400 g/mol. The van der Waals surface area contributed by atoms with Gasteiger partial charge in [0, 0.05) is 24.2 Å². The zero-order chi connectivity index (χ0) is 19.3. The number of amides is 2. The Balaban J connectivity index is 1.69. The van der Waals surface area contributed by atoms with Gasteiger partial charge >= 0.3 is 16.4 Å². The van der Waals surface area contributed by atoms with E-state index in [1.165, 1.54) is 15.8 Å². The molecule has 27 heavy (non-hydrogen) atoms. The van der Waals surface area contributed by atoms with Crippen molar-refractivity contribution in [3.05, 3.63) is 17.5 Å². The molecule has 13 heteroatoms. The van der Waals surface area contributed by atoms with Crippen molar-refractivity contribution >= 4 is 22.3 Å². The molecule has 2 fully saturated rings. The Bertz CT molecular complexity index is 879. The average Bonchev–Trinajstić information content (AvgIpc) is 3.18. The molecule has 1 aromatic rings. The average molecular weight is 400 g/mol. The van der Waals surface area contributed by atoms with Gasteiger partial charge in [-0.1, -0.05) is 0 Å². The lowest BCUT2D eigenvalue weighted by atomic mass is 9.97. The topological polar surface area (TPSA) is 160 Å². The number of piperidine rings is 1. The maximum atomic E-state index is 12.8. The number of nitrogens with one attached hydrogen (secondary N) is 1. The third-order valence-corrected chi connectivity index (χ3v) is 5.57. The zero-order valence-corrected chi connectivity index (χ0v) is 15.1. The van der Waals surface area contributed by atoms with Gasteiger partial charge in [0.2, 0.25) is 5.91 Å². The Morgan fingerprint density at radius 1 is 1.41 bits per heavy atom. The van der Waals surface area contributed by atoms with Crippen LogP contribution < -0.4 is 11.1 Å². The molecule has 0 aliphatic carbocycles. The molecule has 0 radical (unpaired) electrons. The number of hydroxylamine groups is 2. The third kappa shape index (κ3) is 3.10. The third-order valence-electron chi connectivity index (χ3n) is 5.22. The van der Waals surface area contributed by atoms with Gasteiger partial charge in [0.25, 0.3) is 0 Å². The van der Waals surface area contributed by atoms with Crippen molar-refractivity contribution in [2.45, 2.75) is 24.9 Å². The minimum atomic E-state index is -4.89. The molecule has 2 atom stereocenters. The molecule has 2 amide bonds. The number of carbonyl (C=O) groups is 2. The molecule has 3 aliphatic rings. The summed E-state index contributed by atoms with van der Waals surface area (Å²) in [5, 5.41) is 8.15. The van der Waals surface area contributed by atoms with E-state index in [2.05, 4.69) is 14.7 Å². The zero-order valence-electron chi connectivity index (χ0n) is 14.3. The van der Waals surface area contributed by atoms with Crippen molar-refractivity contribution in [2.24, 2.45) is 11.7 Å². The summed E-state index contributed by atoms with van der Waals surface area (Å²) in [4.78, 5) is 26.6. The van der Waals surface area contributed by atoms with E-state index in [1.54, 1.807) is 0 Å². The second-order valence-corrected chi connectivity index (χ2v) is 7.81. The van der Waals surface area contributed by atoms with Crippen molar-refractivity contribution in [2.75, 3.05) is 26.2 Å². The molecular formula is C14H20N6O6S. The van der Waals surface area contributed by atoms with Gasteiger partial charge in [-0.2, -0.15) is 18.6 Å². The maximum Gasteiger partial charge on any atom is 0.418 e. The first kappa shape index (κ1) is 18.3. The maximum absolute atomic E-state index is 12.8. The van der Waals surface area contributed by atoms with Gasteiger partial charge in [0.1, 0.15) is 6.04 Å². The van der Waals surface area contributed by atoms with Crippen LogP contribution in [0.5, 0.6) is 0 Å². The second kappa shape index (κ2) is 6.53. The van der Waals surface area contributed by atoms with Gasteiger partial charge in [-0.25, -0.2) is 9.48 Å². The van der Waals surface area contributed by atoms with Crippen LogP contribution in [0.25, 0.3) is 0 Å². The molecule has 2 bridgehead atoms. The molecule has 0 saturated carbocycles. The fourth-order valence-electron chi connectivity index (χ4n) is 3.94. The lowest BCUT2D eigenvalue weighted by molar-refractivity contribution is -0.0317. The molecule has 4 heterocycles. The normalized spacial score (nSPS) is 25.8. The minimum absolute atomic E-state index is 0.0454. The lowest BCUT2D eigenvalue weighted by Gasteiger charge is -2.28. The number of hydrogen-bond acceptors (Lipinski definition) is 8. The van der Waals surface area contributed by atoms with Crippen LogP contribution in [-0.2, 0) is 14.7 Å². The predicted molar refractivity (Wildman–Crippen MR) is 89.6 cm³/mol. The predicted octanol–water partition coefficient (Wildman–Crippen LogP) is -0.951. The molecule has 4 rings (SSSR count). The van der Waals surface area contributed by atoms with E-state index >= 15 is 0 Å². The summed E-state index contributed by atoms with van der Waals surface area (Å²) in [7, 11) is -4.89. The largest absolute Gasteiger partial charge is 0.418 e. The number of rotatable bonds is 4. The van der Waals surface area contributed by atoms with Crippen LogP contribution in [0.1, 0.15) is 41.0 Å². The Kier molecular flexibility index (Phi) is 4.43. The van der Waals surface area contributed by atoms with Crippen molar-refractivity contribution in [1.29, 1.82) is 0 Å². The first-order chi connectivity index (χ1) is 12.8. The standard InChI is InChI=1S/C14H20N6O6S/c15-5-10-12-9(6-19(17-12)13(21)8-1-3-16-4-2-8)11-7-18(10)14(22)20(11)26-27(23,24)25/h6,8,10-11,16H,1-5,7,15H2,(H,23,24,25)/t10-,11-/m1/s1. The molecule has 3 aliphatic heterocycles. The number of hydrogen-bond donors (Lipinski definition) is 3. The fraction of sp³-hybridized carbons (Fsp3) is 0.643. The molecule has 0 aromatic carbocycles. The highest BCUT2D eigenvalue weighted by Crippen LogP contribution is 2.43. The minimum Gasteiger partial charge on any atom is -0.328 e. The van der Waals surface area contributed by atoms with Gasteiger partial charge in [-0.15, -0.1) is 4.28 Å². The van der Waals surface area contributed by atoms with Crippen LogP contribution in [-0.4, -0.2) is 70.8 Å². The summed E-state index contributed by atoms with van der Waals surface area (Å²) in [6.07, 6.45) is 2.91. The van der Waals surface area contributed by atoms with E-state index in [4.69, 9.17) is 10.3 Å². The first-order valence-electron chi connectivity index (χ1n) is 8.61. The van der Waals surface area contributed by atoms with Gasteiger partial charge in [0.15, 0.2) is 0 Å². The number of nitrogens with zero attached hydrogens (tertiary/aromatic N) is 4. The quantitative estimate of drug-likeness (QED) is 0.541. The molecule has 0 spiro atoms. The summed E-state index contributed by atoms with van der Waals surface area (Å²) in [5.74, 6) is -0.311. The Morgan fingerprint density at radius 3 is 2.74 bits per heavy atom. The Hall–Kier alpha value is -2.06. The van der Waals surface area contributed by atoms with Crippen molar-refractivity contribution in [1.82, 2.24) is 25.1 Å². The van der Waals surface area contributed by atoms with Crippen LogP contribution in [0.4, 0.5) is 4.79 Å². The van der Waals surface area contributed by atoms with Gasteiger partial charge in [-0.3, -0.25) is 9.35 Å². The van der Waals surface area contributed by atoms with E-state index in [9.17, 15) is 18.0 Å². The number of fused-ring (bicyclic) bond motifs is 4. The highest BCUT2D eigenvalue weighted by molar-refractivity contribution is 7.80. The summed E-state index contributed by atoms with van der Waals surface area (Å²) >= 11 is 0. The molecular weight excluding hydrogens is 380 g/mol. The van der Waals surface area contributed by atoms with E-state index in [0.717, 1.165) is 13.1 Å². The van der Waals surface area contributed by atoms with Crippen LogP contribution in [0, 0.1) is 5.92 Å². The van der Waals surface area contributed by atoms with Gasteiger partial charge in [0.05, 0.1) is 18.3 Å². The van der Waals surface area contributed by atoms with Crippen LogP contribution >= 0.6 is 0 Å². The van der Waals surface area contributed by atoms with E-state index < -0.39 is 28.5 Å². The SMILES string of the molecule is NC[C@@H]1c2nn(C(=O)C3CCNCC3)cc2[C@H]2CN1C(=O)N2OS(=O)(=O)O. The Morgan fingerprint density at radius 2 is 2.11 bits per heavy atom. The highest BCUT2D eigenvalue weighted by atomic mass is 32.3. The lowest BCUT2D eigenvalue weighted by Crippen LogP contribution is -2.38. The van der Waals surface area contributed by atoms with Crippen molar-refractivity contribution < 1.29 is 26.8 Å². The summed E-state index contributed by atoms with van der Waals surface area (Å²) < 4.78 is 36.9. The second-order valence-electron chi connectivity index (χ2n) is 6.81. The molecule has 0 unspecified atom stereocenters. The van der Waals surface area contributed by atoms with Crippen LogP contribution in [0.2, 0.25) is 0 Å².